The minimum absolute atomic E-state index is 0.775. The Labute approximate surface area is 127 Å². The van der Waals surface area contributed by atoms with Crippen LogP contribution in [0.2, 0.25) is 0 Å². The molecule has 0 spiro atoms. The number of nitrogens with zero attached hydrogens (tertiary/aromatic N) is 2. The van der Waals surface area contributed by atoms with Gasteiger partial charge in [-0.25, -0.2) is 4.98 Å². The molecule has 0 unspecified atom stereocenters. The van der Waals surface area contributed by atoms with Crippen molar-refractivity contribution in [2.75, 3.05) is 25.1 Å². The summed E-state index contributed by atoms with van der Waals surface area (Å²) in [6, 6.07) is 8.37. The molecule has 0 aliphatic carbocycles. The second kappa shape index (κ2) is 7.49. The molecule has 2 rings (SSSR count). The zero-order chi connectivity index (χ0) is 13.5. The Balaban J connectivity index is 1.96. The average molecular weight is 371 g/mol. The summed E-state index contributed by atoms with van der Waals surface area (Å²) in [4.78, 5) is 4.34. The highest BCUT2D eigenvalue weighted by Gasteiger charge is 2.03. The first kappa shape index (κ1) is 14.3. The Kier molecular flexibility index (Phi) is 5.65. The van der Waals surface area contributed by atoms with Gasteiger partial charge >= 0.3 is 0 Å². The quantitative estimate of drug-likeness (QED) is 0.600. The van der Waals surface area contributed by atoms with Crippen molar-refractivity contribution in [3.8, 4) is 5.69 Å². The Morgan fingerprint density at radius 1 is 1.32 bits per heavy atom. The summed E-state index contributed by atoms with van der Waals surface area (Å²) >= 11 is 2.30. The Morgan fingerprint density at radius 2 is 2.11 bits per heavy atom. The highest BCUT2D eigenvalue weighted by Crippen LogP contribution is 2.15. The van der Waals surface area contributed by atoms with Gasteiger partial charge in [0, 0.05) is 41.4 Å². The van der Waals surface area contributed by atoms with Gasteiger partial charge in [0.15, 0.2) is 0 Å². The van der Waals surface area contributed by atoms with E-state index in [2.05, 4.69) is 61.7 Å². The molecular formula is C14H18IN3O. The maximum Gasteiger partial charge on any atom is 0.207 e. The maximum atomic E-state index is 5.31. The molecule has 1 aromatic carbocycles. The molecule has 0 aliphatic heterocycles. The lowest BCUT2D eigenvalue weighted by atomic mass is 10.3. The molecule has 4 nitrogen and oxygen atoms in total. The molecule has 0 bridgehead atoms. The van der Waals surface area contributed by atoms with Crippen LogP contribution in [-0.4, -0.2) is 29.3 Å². The van der Waals surface area contributed by atoms with Crippen molar-refractivity contribution in [2.24, 2.45) is 0 Å². The van der Waals surface area contributed by atoms with Gasteiger partial charge in [-0.15, -0.1) is 0 Å². The summed E-state index contributed by atoms with van der Waals surface area (Å²) in [5.41, 5.74) is 1.12. The largest absolute Gasteiger partial charge is 0.382 e. The highest BCUT2D eigenvalue weighted by atomic mass is 127. The van der Waals surface area contributed by atoms with Crippen LogP contribution in [0.5, 0.6) is 0 Å². The van der Waals surface area contributed by atoms with Crippen molar-refractivity contribution < 1.29 is 4.74 Å². The van der Waals surface area contributed by atoms with E-state index in [4.69, 9.17) is 4.74 Å². The van der Waals surface area contributed by atoms with Crippen molar-refractivity contribution >= 4 is 28.5 Å². The van der Waals surface area contributed by atoms with E-state index in [-0.39, 0.29) is 0 Å². The third-order valence-electron chi connectivity index (χ3n) is 2.70. The first-order valence-electron chi connectivity index (χ1n) is 6.42. The fourth-order valence-electron chi connectivity index (χ4n) is 1.76. The summed E-state index contributed by atoms with van der Waals surface area (Å²) < 4.78 is 8.59. The van der Waals surface area contributed by atoms with E-state index in [1.165, 1.54) is 3.57 Å². The van der Waals surface area contributed by atoms with Gasteiger partial charge in [0.2, 0.25) is 5.95 Å². The van der Waals surface area contributed by atoms with E-state index >= 15 is 0 Å². The molecule has 0 radical (unpaired) electrons. The monoisotopic (exact) mass is 371 g/mol. The van der Waals surface area contributed by atoms with Crippen LogP contribution in [0.3, 0.4) is 0 Å². The SMILES string of the molecule is CCOCCCNc1nccn1-c1ccc(I)cc1. The van der Waals surface area contributed by atoms with Crippen molar-refractivity contribution in [3.05, 3.63) is 40.2 Å². The van der Waals surface area contributed by atoms with Crippen LogP contribution in [0.15, 0.2) is 36.7 Å². The molecule has 0 saturated heterocycles. The molecule has 1 aromatic heterocycles. The van der Waals surface area contributed by atoms with Gasteiger partial charge in [-0.05, 0) is 60.2 Å². The molecule has 0 amide bonds. The smallest absolute Gasteiger partial charge is 0.207 e. The molecule has 1 N–H and O–H groups in total. The molecule has 102 valence electrons. The van der Waals surface area contributed by atoms with Gasteiger partial charge in [-0.3, -0.25) is 4.57 Å². The van der Waals surface area contributed by atoms with E-state index in [0.717, 1.165) is 37.8 Å². The molecule has 2 aromatic rings. The average Bonchev–Trinajstić information content (AvgIpc) is 2.88. The zero-order valence-corrected chi connectivity index (χ0v) is 13.1. The van der Waals surface area contributed by atoms with Crippen LogP contribution in [0, 0.1) is 3.57 Å². The highest BCUT2D eigenvalue weighted by molar-refractivity contribution is 14.1. The normalized spacial score (nSPS) is 10.6. The first-order valence-corrected chi connectivity index (χ1v) is 7.50. The number of imidazole rings is 1. The predicted octanol–water partition coefficient (Wildman–Crippen LogP) is 3.32. The second-order valence-electron chi connectivity index (χ2n) is 4.07. The summed E-state index contributed by atoms with van der Waals surface area (Å²) in [7, 11) is 0. The van der Waals surface area contributed by atoms with Gasteiger partial charge in [0.1, 0.15) is 0 Å². The maximum absolute atomic E-state index is 5.31. The minimum Gasteiger partial charge on any atom is -0.382 e. The fraction of sp³-hybridized carbons (Fsp3) is 0.357. The van der Waals surface area contributed by atoms with Crippen LogP contribution < -0.4 is 5.32 Å². The van der Waals surface area contributed by atoms with Gasteiger partial charge in [-0.1, -0.05) is 0 Å². The molecule has 5 heteroatoms. The lowest BCUT2D eigenvalue weighted by Gasteiger charge is -2.10. The van der Waals surface area contributed by atoms with Crippen molar-refractivity contribution in [2.45, 2.75) is 13.3 Å². The molecule has 0 saturated carbocycles. The number of anilines is 1. The van der Waals surface area contributed by atoms with Gasteiger partial charge < -0.3 is 10.1 Å². The number of hydrogen-bond donors (Lipinski definition) is 1. The van der Waals surface area contributed by atoms with Crippen molar-refractivity contribution in [3.63, 3.8) is 0 Å². The third kappa shape index (κ3) is 4.21. The standard InChI is InChI=1S/C14H18IN3O/c1-2-19-11-3-8-16-14-17-9-10-18(14)13-6-4-12(15)5-7-13/h4-7,9-10H,2-3,8,11H2,1H3,(H,16,17). The number of ether oxygens (including phenoxy) is 1. The summed E-state index contributed by atoms with van der Waals surface area (Å²) in [5, 5.41) is 3.34. The molecule has 0 atom stereocenters. The molecule has 19 heavy (non-hydrogen) atoms. The first-order chi connectivity index (χ1) is 9.31. The second-order valence-corrected chi connectivity index (χ2v) is 5.32. The minimum atomic E-state index is 0.775. The van der Waals surface area contributed by atoms with Gasteiger partial charge in [0.25, 0.3) is 0 Å². The predicted molar refractivity (Wildman–Crippen MR) is 85.9 cm³/mol. The molecule has 0 aliphatic rings. The van der Waals surface area contributed by atoms with Gasteiger partial charge in [-0.2, -0.15) is 0 Å². The molecule has 0 fully saturated rings. The van der Waals surface area contributed by atoms with Crippen molar-refractivity contribution in [1.82, 2.24) is 9.55 Å². The lowest BCUT2D eigenvalue weighted by molar-refractivity contribution is 0.147. The van der Waals surface area contributed by atoms with E-state index in [9.17, 15) is 0 Å². The summed E-state index contributed by atoms with van der Waals surface area (Å²) in [6.07, 6.45) is 4.75. The lowest BCUT2D eigenvalue weighted by Crippen LogP contribution is -2.09. The fourth-order valence-corrected chi connectivity index (χ4v) is 2.12. The van der Waals surface area contributed by atoms with Crippen LogP contribution >= 0.6 is 22.6 Å². The van der Waals surface area contributed by atoms with E-state index in [1.54, 1.807) is 0 Å². The van der Waals surface area contributed by atoms with Crippen LogP contribution in [0.1, 0.15) is 13.3 Å². The van der Waals surface area contributed by atoms with E-state index in [0.29, 0.717) is 0 Å². The topological polar surface area (TPSA) is 39.1 Å². The number of hydrogen-bond acceptors (Lipinski definition) is 3. The van der Waals surface area contributed by atoms with Crippen LogP contribution in [0.25, 0.3) is 5.69 Å². The van der Waals surface area contributed by atoms with Crippen LogP contribution in [-0.2, 0) is 4.74 Å². The Bertz CT molecular complexity index is 496. The number of halogens is 1. The Morgan fingerprint density at radius 3 is 2.84 bits per heavy atom. The number of nitrogens with one attached hydrogen (secondary N) is 1. The van der Waals surface area contributed by atoms with Gasteiger partial charge in [0.05, 0.1) is 0 Å². The number of rotatable bonds is 7. The Hall–Kier alpha value is -1.08. The third-order valence-corrected chi connectivity index (χ3v) is 3.42. The van der Waals surface area contributed by atoms with E-state index in [1.807, 2.05) is 19.3 Å². The summed E-state index contributed by atoms with van der Waals surface area (Å²) in [6.45, 7) is 4.43. The number of aromatic nitrogens is 2. The van der Waals surface area contributed by atoms with Crippen molar-refractivity contribution in [1.29, 1.82) is 0 Å². The molecular weight excluding hydrogens is 353 g/mol. The van der Waals surface area contributed by atoms with Crippen LogP contribution in [0.4, 0.5) is 5.95 Å². The molecule has 1 heterocycles. The summed E-state index contributed by atoms with van der Waals surface area (Å²) in [5.74, 6) is 0.873. The zero-order valence-electron chi connectivity index (χ0n) is 11.0. The van der Waals surface area contributed by atoms with E-state index < -0.39 is 0 Å². The number of benzene rings is 1.